The van der Waals surface area contributed by atoms with Gasteiger partial charge in [0.05, 0.1) is 16.3 Å². The van der Waals surface area contributed by atoms with Crippen molar-refractivity contribution in [2.75, 3.05) is 5.32 Å². The number of nitrogens with zero attached hydrogens (tertiary/aromatic N) is 2. The largest absolute Gasteiger partial charge is 0.309 e. The van der Waals surface area contributed by atoms with Crippen molar-refractivity contribution >= 4 is 23.1 Å². The van der Waals surface area contributed by atoms with Crippen LogP contribution in [0.3, 0.4) is 0 Å². The Kier molecular flexibility index (Phi) is 4.55. The molecule has 1 amide bonds. The van der Waals surface area contributed by atoms with Gasteiger partial charge in [-0.3, -0.25) is 4.79 Å². The average molecular weight is 363 g/mol. The molecule has 2 aromatic heterocycles. The maximum Gasteiger partial charge on any atom is 0.228 e. The van der Waals surface area contributed by atoms with Crippen molar-refractivity contribution in [2.24, 2.45) is 5.92 Å². The molecular weight excluding hydrogens is 342 g/mol. The van der Waals surface area contributed by atoms with E-state index < -0.39 is 0 Å². The Morgan fingerprint density at radius 2 is 2.00 bits per heavy atom. The third-order valence-corrected chi connectivity index (χ3v) is 5.80. The molecule has 0 saturated carbocycles. The molecule has 1 aliphatic rings. The Morgan fingerprint density at radius 1 is 1.15 bits per heavy atom. The van der Waals surface area contributed by atoms with Crippen molar-refractivity contribution in [3.8, 4) is 21.8 Å². The number of thiophene rings is 1. The van der Waals surface area contributed by atoms with E-state index in [9.17, 15) is 4.79 Å². The van der Waals surface area contributed by atoms with E-state index in [1.165, 1.54) is 5.56 Å². The molecule has 0 bridgehead atoms. The highest BCUT2D eigenvalue weighted by atomic mass is 32.1. The lowest BCUT2D eigenvalue weighted by Gasteiger charge is -2.21. The maximum atomic E-state index is 12.5. The summed E-state index contributed by atoms with van der Waals surface area (Å²) in [4.78, 5) is 23.3. The van der Waals surface area contributed by atoms with Crippen LogP contribution in [0.5, 0.6) is 0 Å². The highest BCUT2D eigenvalue weighted by molar-refractivity contribution is 7.13. The Labute approximate surface area is 157 Å². The van der Waals surface area contributed by atoms with Crippen molar-refractivity contribution in [1.29, 1.82) is 0 Å². The highest BCUT2D eigenvalue weighted by Crippen LogP contribution is 2.36. The lowest BCUT2D eigenvalue weighted by Crippen LogP contribution is -2.22. The minimum atomic E-state index is -0.0512. The monoisotopic (exact) mass is 363 g/mol. The van der Waals surface area contributed by atoms with Gasteiger partial charge in [-0.2, -0.15) is 0 Å². The predicted molar refractivity (Wildman–Crippen MR) is 106 cm³/mol. The number of aromatic nitrogens is 2. The second-order valence-electron chi connectivity index (χ2n) is 6.65. The molecule has 1 unspecified atom stereocenters. The Bertz CT molecular complexity index is 950. The standard InChI is InChI=1S/C21H21N3OS/c1-3-13(2)21(25)24-20-19(17-9-6-12-26-17)23-18-15-8-5-4-7-14(15)10-11-16(18)22-20/h4-9,12-13H,3,10-11H2,1-2H3,(H,22,24,25). The van der Waals surface area contributed by atoms with Gasteiger partial charge < -0.3 is 5.32 Å². The summed E-state index contributed by atoms with van der Waals surface area (Å²) < 4.78 is 0. The molecule has 1 aromatic carbocycles. The van der Waals surface area contributed by atoms with E-state index in [2.05, 4.69) is 23.5 Å². The molecule has 0 radical (unpaired) electrons. The SMILES string of the molecule is CCC(C)C(=O)Nc1nc2c(nc1-c1cccs1)-c1ccccc1CC2. The third kappa shape index (κ3) is 3.03. The first-order valence-electron chi connectivity index (χ1n) is 9.01. The first kappa shape index (κ1) is 16.9. The van der Waals surface area contributed by atoms with Gasteiger partial charge in [0, 0.05) is 11.5 Å². The summed E-state index contributed by atoms with van der Waals surface area (Å²) in [6, 6.07) is 12.4. The Morgan fingerprint density at radius 3 is 2.77 bits per heavy atom. The molecule has 2 heterocycles. The van der Waals surface area contributed by atoms with Crippen molar-refractivity contribution in [3.63, 3.8) is 0 Å². The van der Waals surface area contributed by atoms with Gasteiger partial charge in [0.25, 0.3) is 0 Å². The normalized spacial score (nSPS) is 13.6. The number of carbonyl (C=O) groups is 1. The maximum absolute atomic E-state index is 12.5. The zero-order valence-electron chi connectivity index (χ0n) is 15.0. The predicted octanol–water partition coefficient (Wildman–Crippen LogP) is 4.96. The summed E-state index contributed by atoms with van der Waals surface area (Å²) in [5.41, 5.74) is 5.12. The van der Waals surface area contributed by atoms with Gasteiger partial charge in [0.1, 0.15) is 5.69 Å². The molecular formula is C21H21N3OS. The van der Waals surface area contributed by atoms with Crippen LogP contribution in [0.2, 0.25) is 0 Å². The van der Waals surface area contributed by atoms with E-state index in [0.29, 0.717) is 5.82 Å². The van der Waals surface area contributed by atoms with Crippen molar-refractivity contribution in [2.45, 2.75) is 33.1 Å². The topological polar surface area (TPSA) is 54.9 Å². The van der Waals surface area contributed by atoms with Crippen LogP contribution in [-0.2, 0) is 17.6 Å². The number of rotatable bonds is 4. The van der Waals surface area contributed by atoms with Crippen LogP contribution in [-0.4, -0.2) is 15.9 Å². The molecule has 4 nitrogen and oxygen atoms in total. The zero-order chi connectivity index (χ0) is 18.1. The fourth-order valence-corrected chi connectivity index (χ4v) is 3.89. The third-order valence-electron chi connectivity index (χ3n) is 4.93. The Balaban J connectivity index is 1.84. The second-order valence-corrected chi connectivity index (χ2v) is 7.60. The van der Waals surface area contributed by atoms with E-state index >= 15 is 0 Å². The second kappa shape index (κ2) is 7.00. The first-order valence-corrected chi connectivity index (χ1v) is 9.89. The van der Waals surface area contributed by atoms with Gasteiger partial charge in [-0.15, -0.1) is 11.3 Å². The van der Waals surface area contributed by atoms with Crippen LogP contribution in [0.4, 0.5) is 5.82 Å². The fraction of sp³-hybridized carbons (Fsp3) is 0.286. The number of hydrogen-bond donors (Lipinski definition) is 1. The van der Waals surface area contributed by atoms with Gasteiger partial charge in [0.15, 0.2) is 5.82 Å². The number of nitrogens with one attached hydrogen (secondary N) is 1. The summed E-state index contributed by atoms with van der Waals surface area (Å²) in [6.07, 6.45) is 2.59. The van der Waals surface area contributed by atoms with Crippen LogP contribution in [0.25, 0.3) is 21.8 Å². The van der Waals surface area contributed by atoms with Crippen LogP contribution in [0, 0.1) is 5.92 Å². The van der Waals surface area contributed by atoms with E-state index in [4.69, 9.17) is 9.97 Å². The number of anilines is 1. The minimum Gasteiger partial charge on any atom is -0.309 e. The lowest BCUT2D eigenvalue weighted by atomic mass is 9.92. The molecule has 1 N–H and O–H groups in total. The molecule has 1 atom stereocenters. The van der Waals surface area contributed by atoms with Crippen LogP contribution < -0.4 is 5.32 Å². The van der Waals surface area contributed by atoms with Gasteiger partial charge in [-0.05, 0) is 36.3 Å². The van der Waals surface area contributed by atoms with Crippen molar-refractivity contribution in [1.82, 2.24) is 9.97 Å². The summed E-state index contributed by atoms with van der Waals surface area (Å²) >= 11 is 1.61. The quantitative estimate of drug-likeness (QED) is 0.713. The van der Waals surface area contributed by atoms with Gasteiger partial charge in [-0.25, -0.2) is 9.97 Å². The van der Waals surface area contributed by atoms with Gasteiger partial charge >= 0.3 is 0 Å². The van der Waals surface area contributed by atoms with Crippen molar-refractivity contribution in [3.05, 3.63) is 53.0 Å². The van der Waals surface area contributed by atoms with Crippen LogP contribution in [0.15, 0.2) is 41.8 Å². The summed E-state index contributed by atoms with van der Waals surface area (Å²) in [7, 11) is 0. The number of carbonyl (C=O) groups excluding carboxylic acids is 1. The number of benzene rings is 1. The molecule has 0 aliphatic heterocycles. The number of fused-ring (bicyclic) bond motifs is 3. The number of hydrogen-bond acceptors (Lipinski definition) is 4. The molecule has 4 rings (SSSR count). The fourth-order valence-electron chi connectivity index (χ4n) is 3.18. The van der Waals surface area contributed by atoms with E-state index in [-0.39, 0.29) is 11.8 Å². The van der Waals surface area contributed by atoms with Gasteiger partial charge in [0.2, 0.25) is 5.91 Å². The molecule has 3 aromatic rings. The summed E-state index contributed by atoms with van der Waals surface area (Å²) in [5, 5.41) is 5.04. The number of amides is 1. The van der Waals surface area contributed by atoms with Crippen LogP contribution >= 0.6 is 11.3 Å². The molecule has 5 heteroatoms. The van der Waals surface area contributed by atoms with E-state index in [1.807, 2.05) is 37.4 Å². The molecule has 0 fully saturated rings. The van der Waals surface area contributed by atoms with Crippen molar-refractivity contribution < 1.29 is 4.79 Å². The van der Waals surface area contributed by atoms with E-state index in [0.717, 1.165) is 46.8 Å². The van der Waals surface area contributed by atoms with Gasteiger partial charge in [-0.1, -0.05) is 44.2 Å². The number of aryl methyl sites for hydroxylation is 2. The summed E-state index contributed by atoms with van der Waals surface area (Å²) in [5.74, 6) is 0.524. The van der Waals surface area contributed by atoms with E-state index in [1.54, 1.807) is 11.3 Å². The molecule has 0 saturated heterocycles. The highest BCUT2D eigenvalue weighted by Gasteiger charge is 2.23. The molecule has 132 valence electrons. The zero-order valence-corrected chi connectivity index (χ0v) is 15.8. The van der Waals surface area contributed by atoms with Crippen LogP contribution in [0.1, 0.15) is 31.5 Å². The smallest absolute Gasteiger partial charge is 0.228 e. The lowest BCUT2D eigenvalue weighted by molar-refractivity contribution is -0.119. The Hall–Kier alpha value is -2.53. The summed E-state index contributed by atoms with van der Waals surface area (Å²) in [6.45, 7) is 3.95. The molecule has 0 spiro atoms. The first-order chi connectivity index (χ1) is 12.7. The minimum absolute atomic E-state index is 0.00392. The molecule has 26 heavy (non-hydrogen) atoms. The molecule has 1 aliphatic carbocycles. The average Bonchev–Trinajstić information content (AvgIpc) is 3.21.